The summed E-state index contributed by atoms with van der Waals surface area (Å²) in [6, 6.07) is 8.07. The minimum Gasteiger partial charge on any atom is -0.393 e. The number of aliphatic hydroxyl groups is 1. The van der Waals surface area contributed by atoms with Crippen molar-refractivity contribution in [2.45, 2.75) is 46.1 Å². The zero-order valence-electron chi connectivity index (χ0n) is 15.3. The number of carbonyl (C=O) groups excluding carboxylic acids is 1. The summed E-state index contributed by atoms with van der Waals surface area (Å²) in [4.78, 5) is 18.9. The predicted octanol–water partition coefficient (Wildman–Crippen LogP) is 2.54. The van der Waals surface area contributed by atoms with Crippen LogP contribution in [-0.4, -0.2) is 49.9 Å². The van der Waals surface area contributed by atoms with Crippen LogP contribution in [0.25, 0.3) is 5.69 Å². The maximum Gasteiger partial charge on any atom is 0.293 e. The Balaban J connectivity index is 1.88. The molecule has 1 N–H and O–H groups in total. The Morgan fingerprint density at radius 2 is 2.00 bits per heavy atom. The third-order valence-corrected chi connectivity index (χ3v) is 4.94. The first-order chi connectivity index (χ1) is 11.9. The molecule has 1 aliphatic rings. The molecule has 1 aliphatic heterocycles. The highest BCUT2D eigenvalue weighted by Crippen LogP contribution is 2.24. The van der Waals surface area contributed by atoms with Crippen LogP contribution in [0.1, 0.15) is 55.1 Å². The number of aliphatic hydroxyl groups excluding tert-OH is 1. The molecule has 1 saturated heterocycles. The Labute approximate surface area is 148 Å². The first-order valence-electron chi connectivity index (χ1n) is 8.88. The number of hydrogen-bond acceptors (Lipinski definition) is 4. The van der Waals surface area contributed by atoms with Gasteiger partial charge in [-0.3, -0.25) is 4.79 Å². The van der Waals surface area contributed by atoms with Crippen LogP contribution in [0.15, 0.2) is 24.3 Å². The van der Waals surface area contributed by atoms with Gasteiger partial charge in [-0.25, -0.2) is 9.67 Å². The van der Waals surface area contributed by atoms with Gasteiger partial charge in [0.05, 0.1) is 11.8 Å². The van der Waals surface area contributed by atoms with E-state index < -0.39 is 6.10 Å². The highest BCUT2D eigenvalue weighted by molar-refractivity contribution is 5.90. The minimum absolute atomic E-state index is 0.133. The summed E-state index contributed by atoms with van der Waals surface area (Å²) in [7, 11) is 0. The fraction of sp³-hybridized carbons (Fsp3) is 0.526. The standard InChI is InChI=1S/C19H26N4O2/c1-12(2)16-7-5-6-8-17(16)23-14(4)20-18(21-23)19(25)22-10-9-15(11-22)13(3)24/h5-8,12-13,15,24H,9-11H2,1-4H3. The average Bonchev–Trinajstić information content (AvgIpc) is 3.21. The summed E-state index contributed by atoms with van der Waals surface area (Å²) < 4.78 is 1.75. The van der Waals surface area contributed by atoms with Crippen molar-refractivity contribution in [3.8, 4) is 5.69 Å². The van der Waals surface area contributed by atoms with Crippen molar-refractivity contribution in [2.24, 2.45) is 5.92 Å². The van der Waals surface area contributed by atoms with Gasteiger partial charge in [-0.05, 0) is 37.8 Å². The van der Waals surface area contributed by atoms with E-state index in [1.165, 1.54) is 5.56 Å². The Morgan fingerprint density at radius 3 is 2.64 bits per heavy atom. The van der Waals surface area contributed by atoms with Crippen LogP contribution in [0, 0.1) is 12.8 Å². The van der Waals surface area contributed by atoms with E-state index >= 15 is 0 Å². The normalized spacial score (nSPS) is 18.8. The lowest BCUT2D eigenvalue weighted by molar-refractivity contribution is 0.0750. The Bertz CT molecular complexity index is 767. The molecule has 2 atom stereocenters. The van der Waals surface area contributed by atoms with E-state index in [9.17, 15) is 9.90 Å². The molecule has 25 heavy (non-hydrogen) atoms. The lowest BCUT2D eigenvalue weighted by Crippen LogP contribution is -2.31. The molecule has 6 nitrogen and oxygen atoms in total. The van der Waals surface area contributed by atoms with E-state index in [-0.39, 0.29) is 17.6 Å². The van der Waals surface area contributed by atoms with Gasteiger partial charge in [-0.1, -0.05) is 32.0 Å². The molecule has 1 fully saturated rings. The molecular formula is C19H26N4O2. The van der Waals surface area contributed by atoms with E-state index in [4.69, 9.17) is 0 Å². The number of amides is 1. The fourth-order valence-electron chi connectivity index (χ4n) is 3.38. The van der Waals surface area contributed by atoms with Gasteiger partial charge in [0.2, 0.25) is 5.82 Å². The summed E-state index contributed by atoms with van der Waals surface area (Å²) in [5, 5.41) is 14.2. The van der Waals surface area contributed by atoms with Gasteiger partial charge in [0.15, 0.2) is 0 Å². The van der Waals surface area contributed by atoms with Crippen LogP contribution >= 0.6 is 0 Å². The van der Waals surface area contributed by atoms with E-state index in [2.05, 4.69) is 30.0 Å². The molecule has 0 spiro atoms. The molecule has 1 aromatic heterocycles. The molecule has 1 aromatic carbocycles. The van der Waals surface area contributed by atoms with E-state index in [0.29, 0.717) is 24.8 Å². The Morgan fingerprint density at radius 1 is 1.28 bits per heavy atom. The summed E-state index contributed by atoms with van der Waals surface area (Å²) in [5.74, 6) is 1.25. The summed E-state index contributed by atoms with van der Waals surface area (Å²) in [5.41, 5.74) is 2.13. The molecule has 0 radical (unpaired) electrons. The monoisotopic (exact) mass is 342 g/mol. The largest absolute Gasteiger partial charge is 0.393 e. The minimum atomic E-state index is -0.400. The van der Waals surface area contributed by atoms with Crippen LogP contribution in [0.4, 0.5) is 0 Å². The molecule has 0 bridgehead atoms. The molecule has 2 aromatic rings. The second kappa shape index (κ2) is 6.96. The third kappa shape index (κ3) is 3.44. The predicted molar refractivity (Wildman–Crippen MR) is 95.9 cm³/mol. The molecule has 134 valence electrons. The van der Waals surface area contributed by atoms with E-state index in [1.807, 2.05) is 25.1 Å². The highest BCUT2D eigenvalue weighted by Gasteiger charge is 2.31. The van der Waals surface area contributed by atoms with Crippen molar-refractivity contribution in [1.82, 2.24) is 19.7 Å². The Kier molecular flexibility index (Phi) is 4.90. The smallest absolute Gasteiger partial charge is 0.293 e. The summed E-state index contributed by atoms with van der Waals surface area (Å²) in [6.45, 7) is 9.12. The van der Waals surface area contributed by atoms with Crippen molar-refractivity contribution in [2.75, 3.05) is 13.1 Å². The quantitative estimate of drug-likeness (QED) is 0.927. The summed E-state index contributed by atoms with van der Waals surface area (Å²) in [6.07, 6.45) is 0.419. The molecule has 0 aliphatic carbocycles. The van der Waals surface area contributed by atoms with Gasteiger partial charge >= 0.3 is 0 Å². The molecule has 3 rings (SSSR count). The number of para-hydroxylation sites is 1. The van der Waals surface area contributed by atoms with E-state index in [1.54, 1.807) is 16.5 Å². The van der Waals surface area contributed by atoms with Crippen LogP contribution in [0.3, 0.4) is 0 Å². The highest BCUT2D eigenvalue weighted by atomic mass is 16.3. The lowest BCUT2D eigenvalue weighted by Gasteiger charge is -2.16. The zero-order valence-corrected chi connectivity index (χ0v) is 15.3. The topological polar surface area (TPSA) is 71.2 Å². The van der Waals surface area contributed by atoms with Crippen molar-refractivity contribution in [3.05, 3.63) is 41.5 Å². The SMILES string of the molecule is Cc1nc(C(=O)N2CCC(C(C)O)C2)nn1-c1ccccc1C(C)C. The number of benzene rings is 1. The molecule has 6 heteroatoms. The zero-order chi connectivity index (χ0) is 18.1. The molecule has 1 amide bonds. The molecular weight excluding hydrogens is 316 g/mol. The van der Waals surface area contributed by atoms with Gasteiger partial charge in [0.25, 0.3) is 5.91 Å². The van der Waals surface area contributed by atoms with Gasteiger partial charge in [-0.2, -0.15) is 0 Å². The lowest BCUT2D eigenvalue weighted by atomic mass is 10.0. The number of hydrogen-bond donors (Lipinski definition) is 1. The van der Waals surface area contributed by atoms with Crippen LogP contribution in [-0.2, 0) is 0 Å². The van der Waals surface area contributed by atoms with Crippen molar-refractivity contribution >= 4 is 5.91 Å². The van der Waals surface area contributed by atoms with Crippen molar-refractivity contribution < 1.29 is 9.90 Å². The third-order valence-electron chi connectivity index (χ3n) is 4.94. The van der Waals surface area contributed by atoms with Crippen LogP contribution < -0.4 is 0 Å². The first-order valence-corrected chi connectivity index (χ1v) is 8.88. The Hall–Kier alpha value is -2.21. The number of aryl methyl sites for hydroxylation is 1. The first kappa shape index (κ1) is 17.6. The molecule has 0 saturated carbocycles. The van der Waals surface area contributed by atoms with Crippen molar-refractivity contribution in [1.29, 1.82) is 0 Å². The number of carbonyl (C=O) groups is 1. The van der Waals surface area contributed by atoms with Gasteiger partial charge in [0.1, 0.15) is 5.82 Å². The second-order valence-electron chi connectivity index (χ2n) is 7.15. The summed E-state index contributed by atoms with van der Waals surface area (Å²) >= 11 is 0. The number of nitrogens with zero attached hydrogens (tertiary/aromatic N) is 4. The maximum atomic E-state index is 12.7. The molecule has 2 unspecified atom stereocenters. The van der Waals surface area contributed by atoms with Gasteiger partial charge < -0.3 is 10.0 Å². The average molecular weight is 342 g/mol. The van der Waals surface area contributed by atoms with Crippen LogP contribution in [0.2, 0.25) is 0 Å². The van der Waals surface area contributed by atoms with Gasteiger partial charge in [0, 0.05) is 19.0 Å². The van der Waals surface area contributed by atoms with Crippen LogP contribution in [0.5, 0.6) is 0 Å². The van der Waals surface area contributed by atoms with Crippen molar-refractivity contribution in [3.63, 3.8) is 0 Å². The number of likely N-dealkylation sites (tertiary alicyclic amines) is 1. The van der Waals surface area contributed by atoms with Gasteiger partial charge in [-0.15, -0.1) is 5.10 Å². The second-order valence-corrected chi connectivity index (χ2v) is 7.15. The number of aromatic nitrogens is 3. The molecule has 2 heterocycles. The van der Waals surface area contributed by atoms with E-state index in [0.717, 1.165) is 12.1 Å². The maximum absolute atomic E-state index is 12.7. The number of rotatable bonds is 4. The fourth-order valence-corrected chi connectivity index (χ4v) is 3.38.